The van der Waals surface area contributed by atoms with Gasteiger partial charge in [0.15, 0.2) is 0 Å². The summed E-state index contributed by atoms with van der Waals surface area (Å²) < 4.78 is 35.7. The van der Waals surface area contributed by atoms with Gasteiger partial charge >= 0.3 is 0 Å². The molecule has 1 aromatic rings. The van der Waals surface area contributed by atoms with Crippen LogP contribution in [0.1, 0.15) is 30.1 Å². The quantitative estimate of drug-likeness (QED) is 0.888. The number of hydrogen-bond acceptors (Lipinski definition) is 3. The molecule has 5 nitrogen and oxygen atoms in total. The molecule has 2 N–H and O–H groups in total. The monoisotopic (exact) mass is 288 g/mol. The SMILES string of the molecule is CCCCN(C)C(=O)c1ccc(F)c(S(N)(=O)=O)c1. The van der Waals surface area contributed by atoms with Crippen LogP contribution in [0.5, 0.6) is 0 Å². The number of carbonyl (C=O) groups is 1. The van der Waals surface area contributed by atoms with Gasteiger partial charge in [0, 0.05) is 19.2 Å². The Kier molecular flexibility index (Phi) is 5.02. The minimum absolute atomic E-state index is 0.101. The maximum Gasteiger partial charge on any atom is 0.253 e. The molecular weight excluding hydrogens is 271 g/mol. The number of nitrogens with two attached hydrogens (primary N) is 1. The van der Waals surface area contributed by atoms with E-state index in [0.717, 1.165) is 25.0 Å². The van der Waals surface area contributed by atoms with Gasteiger partial charge in [0.05, 0.1) is 0 Å². The van der Waals surface area contributed by atoms with Crippen molar-refractivity contribution in [3.05, 3.63) is 29.6 Å². The fourth-order valence-corrected chi connectivity index (χ4v) is 2.20. The van der Waals surface area contributed by atoms with Gasteiger partial charge in [-0.3, -0.25) is 4.79 Å². The lowest BCUT2D eigenvalue weighted by molar-refractivity contribution is 0.0793. The van der Waals surface area contributed by atoms with Crippen molar-refractivity contribution in [1.29, 1.82) is 0 Å². The number of benzene rings is 1. The van der Waals surface area contributed by atoms with Crippen LogP contribution in [0.2, 0.25) is 0 Å². The van der Waals surface area contributed by atoms with E-state index in [9.17, 15) is 17.6 Å². The first kappa shape index (κ1) is 15.6. The Morgan fingerprint density at radius 1 is 1.42 bits per heavy atom. The van der Waals surface area contributed by atoms with Gasteiger partial charge in [0.25, 0.3) is 5.91 Å². The van der Waals surface area contributed by atoms with Gasteiger partial charge in [-0.1, -0.05) is 13.3 Å². The summed E-state index contributed by atoms with van der Waals surface area (Å²) in [6, 6.07) is 3.14. The molecule has 1 rings (SSSR count). The Morgan fingerprint density at radius 2 is 2.05 bits per heavy atom. The maximum absolute atomic E-state index is 13.3. The number of hydrogen-bond donors (Lipinski definition) is 1. The van der Waals surface area contributed by atoms with Crippen LogP contribution in [0.25, 0.3) is 0 Å². The lowest BCUT2D eigenvalue weighted by Crippen LogP contribution is -2.28. The van der Waals surface area contributed by atoms with Crippen LogP contribution >= 0.6 is 0 Å². The second-order valence-corrected chi connectivity index (χ2v) is 5.80. The molecule has 0 aliphatic heterocycles. The molecule has 0 saturated carbocycles. The summed E-state index contributed by atoms with van der Waals surface area (Å²) in [7, 11) is -2.57. The minimum atomic E-state index is -4.18. The summed E-state index contributed by atoms with van der Waals surface area (Å²) in [5.41, 5.74) is 0.101. The molecule has 0 heterocycles. The number of amides is 1. The van der Waals surface area contributed by atoms with Crippen LogP contribution in [-0.4, -0.2) is 32.8 Å². The van der Waals surface area contributed by atoms with E-state index >= 15 is 0 Å². The Morgan fingerprint density at radius 3 is 2.58 bits per heavy atom. The largest absolute Gasteiger partial charge is 0.342 e. The standard InChI is InChI=1S/C12H17FN2O3S/c1-3-4-7-15(2)12(16)9-5-6-10(13)11(8-9)19(14,17)18/h5-6,8H,3-4,7H2,1-2H3,(H2,14,17,18). The van der Waals surface area contributed by atoms with Crippen LogP contribution in [0.4, 0.5) is 4.39 Å². The highest BCUT2D eigenvalue weighted by atomic mass is 32.2. The van der Waals surface area contributed by atoms with Crippen molar-refractivity contribution < 1.29 is 17.6 Å². The average Bonchev–Trinajstić information content (AvgIpc) is 2.34. The number of rotatable bonds is 5. The van der Waals surface area contributed by atoms with E-state index in [0.29, 0.717) is 6.54 Å². The maximum atomic E-state index is 13.3. The Balaban J connectivity index is 3.06. The van der Waals surface area contributed by atoms with Crippen molar-refractivity contribution in [2.45, 2.75) is 24.7 Å². The molecule has 106 valence electrons. The molecule has 0 spiro atoms. The van der Waals surface area contributed by atoms with Gasteiger partial charge in [-0.15, -0.1) is 0 Å². The van der Waals surface area contributed by atoms with Gasteiger partial charge in [-0.2, -0.15) is 0 Å². The van der Waals surface area contributed by atoms with Crippen molar-refractivity contribution in [2.24, 2.45) is 5.14 Å². The molecule has 0 fully saturated rings. The molecular formula is C12H17FN2O3S. The van der Waals surface area contributed by atoms with E-state index in [-0.39, 0.29) is 11.5 Å². The third kappa shape index (κ3) is 4.00. The molecule has 0 bridgehead atoms. The molecule has 0 saturated heterocycles. The fraction of sp³-hybridized carbons (Fsp3) is 0.417. The number of sulfonamides is 1. The molecule has 19 heavy (non-hydrogen) atoms. The van der Waals surface area contributed by atoms with Crippen molar-refractivity contribution >= 4 is 15.9 Å². The second-order valence-electron chi connectivity index (χ2n) is 4.27. The lowest BCUT2D eigenvalue weighted by atomic mass is 10.2. The van der Waals surface area contributed by atoms with E-state index in [4.69, 9.17) is 5.14 Å². The van der Waals surface area contributed by atoms with Crippen LogP contribution in [-0.2, 0) is 10.0 Å². The Labute approximate surface area is 112 Å². The minimum Gasteiger partial charge on any atom is -0.342 e. The van der Waals surface area contributed by atoms with E-state index < -0.39 is 20.7 Å². The number of carbonyl (C=O) groups excluding carboxylic acids is 1. The van der Waals surface area contributed by atoms with Gasteiger partial charge in [0.1, 0.15) is 10.7 Å². The Hall–Kier alpha value is -1.47. The Bertz CT molecular complexity index is 572. The molecule has 0 aromatic heterocycles. The van der Waals surface area contributed by atoms with Gasteiger partial charge < -0.3 is 4.90 Å². The highest BCUT2D eigenvalue weighted by Crippen LogP contribution is 2.16. The molecule has 0 atom stereocenters. The van der Waals surface area contributed by atoms with Crippen molar-refractivity contribution in [3.63, 3.8) is 0 Å². The first-order valence-electron chi connectivity index (χ1n) is 5.85. The molecule has 1 amide bonds. The number of nitrogens with zero attached hydrogens (tertiary/aromatic N) is 1. The summed E-state index contributed by atoms with van der Waals surface area (Å²) in [4.78, 5) is 12.8. The lowest BCUT2D eigenvalue weighted by Gasteiger charge is -2.17. The highest BCUT2D eigenvalue weighted by molar-refractivity contribution is 7.89. The third-order valence-corrected chi connectivity index (χ3v) is 3.60. The van der Waals surface area contributed by atoms with Gasteiger partial charge in [-0.05, 0) is 24.6 Å². The summed E-state index contributed by atoms with van der Waals surface area (Å²) in [5, 5.41) is 4.89. The average molecular weight is 288 g/mol. The number of primary sulfonamides is 1. The fourth-order valence-electron chi connectivity index (χ4n) is 1.57. The smallest absolute Gasteiger partial charge is 0.253 e. The van der Waals surface area contributed by atoms with E-state index in [1.54, 1.807) is 7.05 Å². The third-order valence-electron chi connectivity index (χ3n) is 2.68. The molecule has 0 unspecified atom stereocenters. The van der Waals surface area contributed by atoms with E-state index in [1.165, 1.54) is 11.0 Å². The van der Waals surface area contributed by atoms with Gasteiger partial charge in [0.2, 0.25) is 10.0 Å². The molecule has 0 radical (unpaired) electrons. The number of halogens is 1. The van der Waals surface area contributed by atoms with E-state index in [1.807, 2.05) is 6.92 Å². The summed E-state index contributed by atoms with van der Waals surface area (Å²) in [5.74, 6) is -1.33. The zero-order valence-electron chi connectivity index (χ0n) is 10.9. The number of unbranched alkanes of at least 4 members (excludes halogenated alkanes) is 1. The first-order valence-corrected chi connectivity index (χ1v) is 7.39. The van der Waals surface area contributed by atoms with Crippen LogP contribution in [0.15, 0.2) is 23.1 Å². The first-order chi connectivity index (χ1) is 8.77. The van der Waals surface area contributed by atoms with E-state index in [2.05, 4.69) is 0 Å². The van der Waals surface area contributed by atoms with Gasteiger partial charge in [-0.25, -0.2) is 17.9 Å². The predicted molar refractivity (Wildman–Crippen MR) is 69.6 cm³/mol. The van der Waals surface area contributed by atoms with Crippen molar-refractivity contribution in [1.82, 2.24) is 4.90 Å². The summed E-state index contributed by atoms with van der Waals surface area (Å²) in [6.45, 7) is 2.55. The van der Waals surface area contributed by atoms with Crippen molar-refractivity contribution in [2.75, 3.05) is 13.6 Å². The topological polar surface area (TPSA) is 80.5 Å². The second kappa shape index (κ2) is 6.12. The molecule has 0 aliphatic carbocycles. The van der Waals surface area contributed by atoms with Crippen LogP contribution in [0, 0.1) is 5.82 Å². The van der Waals surface area contributed by atoms with Crippen molar-refractivity contribution in [3.8, 4) is 0 Å². The summed E-state index contributed by atoms with van der Waals surface area (Å²) >= 11 is 0. The molecule has 7 heteroatoms. The molecule has 1 aromatic carbocycles. The predicted octanol–water partition coefficient (Wildman–Crippen LogP) is 1.35. The highest BCUT2D eigenvalue weighted by Gasteiger charge is 2.19. The zero-order valence-corrected chi connectivity index (χ0v) is 11.7. The molecule has 0 aliphatic rings. The summed E-state index contributed by atoms with van der Waals surface area (Å²) in [6.07, 6.45) is 1.77. The normalized spacial score (nSPS) is 11.4. The zero-order chi connectivity index (χ0) is 14.6. The van der Waals surface area contributed by atoms with Crippen LogP contribution in [0.3, 0.4) is 0 Å². The van der Waals surface area contributed by atoms with Crippen LogP contribution < -0.4 is 5.14 Å².